The number of nitrogens with zero attached hydrogens (tertiary/aromatic N) is 4. The van der Waals surface area contributed by atoms with E-state index in [1.54, 1.807) is 15.7 Å². The highest BCUT2D eigenvalue weighted by molar-refractivity contribution is 6.38. The van der Waals surface area contributed by atoms with Crippen LogP contribution in [0.4, 0.5) is 10.2 Å². The minimum Gasteiger partial charge on any atom is -0.356 e. The Hall–Kier alpha value is -2.04. The van der Waals surface area contributed by atoms with E-state index in [9.17, 15) is 4.39 Å². The molecule has 0 N–H and O–H groups in total. The molecule has 0 unspecified atom stereocenters. The number of fused-ring (bicyclic) bond motifs is 3. The molecule has 0 spiro atoms. The number of aromatic nitrogens is 3. The molecule has 122 valence electrons. The van der Waals surface area contributed by atoms with Gasteiger partial charge in [0.15, 0.2) is 0 Å². The summed E-state index contributed by atoms with van der Waals surface area (Å²) < 4.78 is 15.9. The summed E-state index contributed by atoms with van der Waals surface area (Å²) in [5.41, 5.74) is 0.974. The molecule has 1 aliphatic rings. The number of rotatable bonds is 3. The minimum atomic E-state index is -1.07. The Morgan fingerprint density at radius 3 is 2.62 bits per heavy atom. The van der Waals surface area contributed by atoms with Crippen molar-refractivity contribution in [1.82, 2.24) is 14.4 Å². The molecular weight excluding hydrogens is 301 g/mol. The van der Waals surface area contributed by atoms with E-state index in [2.05, 4.69) is 22.0 Å². The lowest BCUT2D eigenvalue weighted by atomic mass is 9.62. The number of anilines is 1. The predicted octanol–water partition coefficient (Wildman–Crippen LogP) is 1.38. The van der Waals surface area contributed by atoms with Gasteiger partial charge >= 0.3 is 0 Å². The molecular formula is C17H21B2FN4. The first-order valence-electron chi connectivity index (χ1n) is 8.67. The normalized spacial score (nSPS) is 17.0. The molecule has 1 aliphatic heterocycles. The fourth-order valence-electron chi connectivity index (χ4n) is 3.77. The van der Waals surface area contributed by atoms with Crippen molar-refractivity contribution < 1.29 is 4.39 Å². The zero-order valence-electron chi connectivity index (χ0n) is 14.2. The summed E-state index contributed by atoms with van der Waals surface area (Å²) in [5, 5.41) is 0. The quantitative estimate of drug-likeness (QED) is 0.683. The number of alkyl halides is 1. The summed E-state index contributed by atoms with van der Waals surface area (Å²) in [4.78, 5) is 11.6. The number of para-hydroxylation sites is 2. The SMILES string of the molecule is BC(B)(F)CC1CCN(c2ccn3c(n2)nc2ccccc23)CC1. The zero-order chi connectivity index (χ0) is 16.7. The number of piperidine rings is 1. The maximum atomic E-state index is 13.8. The number of hydrogen-bond acceptors (Lipinski definition) is 3. The van der Waals surface area contributed by atoms with E-state index in [0.717, 1.165) is 48.6 Å². The zero-order valence-corrected chi connectivity index (χ0v) is 14.2. The largest absolute Gasteiger partial charge is 0.356 e. The molecule has 24 heavy (non-hydrogen) atoms. The van der Waals surface area contributed by atoms with Gasteiger partial charge in [-0.05, 0) is 43.4 Å². The third kappa shape index (κ3) is 2.99. The second kappa shape index (κ2) is 5.80. The van der Waals surface area contributed by atoms with Crippen molar-refractivity contribution in [2.45, 2.75) is 24.7 Å². The van der Waals surface area contributed by atoms with Gasteiger partial charge in [0.25, 0.3) is 0 Å². The summed E-state index contributed by atoms with van der Waals surface area (Å²) in [5.74, 6) is 2.18. The average Bonchev–Trinajstić information content (AvgIpc) is 2.91. The molecule has 3 aromatic rings. The Bertz CT molecular complexity index is 866. The van der Waals surface area contributed by atoms with E-state index < -0.39 is 5.47 Å². The van der Waals surface area contributed by atoms with Crippen molar-refractivity contribution in [3.8, 4) is 0 Å². The smallest absolute Gasteiger partial charge is 0.236 e. The molecule has 1 aromatic carbocycles. The van der Waals surface area contributed by atoms with Crippen LogP contribution in [0.3, 0.4) is 0 Å². The molecule has 4 nitrogen and oxygen atoms in total. The highest BCUT2D eigenvalue weighted by atomic mass is 19.1. The van der Waals surface area contributed by atoms with Crippen LogP contribution in [0.5, 0.6) is 0 Å². The standard InChI is InChI=1S/C17H21B2FN4/c18-17(19,20)11-12-5-8-23(9-6-12)15-7-10-24-14-4-2-1-3-13(14)21-16(24)22-15/h1-4,7,10,12H,5-6,8-9,11,18-19H2. The first kappa shape index (κ1) is 15.5. The van der Waals surface area contributed by atoms with Crippen LogP contribution in [0.1, 0.15) is 19.3 Å². The fraction of sp³-hybridized carbons (Fsp3) is 0.412. The Morgan fingerprint density at radius 2 is 1.88 bits per heavy atom. The van der Waals surface area contributed by atoms with Gasteiger partial charge in [0.05, 0.1) is 11.0 Å². The number of benzene rings is 1. The molecule has 0 bridgehead atoms. The van der Waals surface area contributed by atoms with Crippen LogP contribution in [0.25, 0.3) is 16.8 Å². The minimum absolute atomic E-state index is 0.471. The Labute approximate surface area is 142 Å². The van der Waals surface area contributed by atoms with Crippen LogP contribution in [0.2, 0.25) is 0 Å². The van der Waals surface area contributed by atoms with E-state index in [1.165, 1.54) is 0 Å². The summed E-state index contributed by atoms with van der Waals surface area (Å²) in [7, 11) is 3.36. The van der Waals surface area contributed by atoms with E-state index in [4.69, 9.17) is 4.98 Å². The third-order valence-corrected chi connectivity index (χ3v) is 4.88. The van der Waals surface area contributed by atoms with E-state index in [-0.39, 0.29) is 0 Å². The summed E-state index contributed by atoms with van der Waals surface area (Å²) >= 11 is 0. The molecule has 0 amide bonds. The van der Waals surface area contributed by atoms with Crippen LogP contribution in [-0.4, -0.2) is 48.6 Å². The summed E-state index contributed by atoms with van der Waals surface area (Å²) in [6, 6.07) is 10.1. The monoisotopic (exact) mass is 322 g/mol. The predicted molar refractivity (Wildman–Crippen MR) is 101 cm³/mol. The Kier molecular flexibility index (Phi) is 3.74. The third-order valence-electron chi connectivity index (χ3n) is 4.88. The molecule has 0 aliphatic carbocycles. The highest BCUT2D eigenvalue weighted by Gasteiger charge is 2.26. The van der Waals surface area contributed by atoms with Gasteiger partial charge in [-0.15, -0.1) is 0 Å². The van der Waals surface area contributed by atoms with Crippen LogP contribution < -0.4 is 4.90 Å². The van der Waals surface area contributed by atoms with Crippen LogP contribution in [0.15, 0.2) is 36.5 Å². The maximum absolute atomic E-state index is 13.8. The van der Waals surface area contributed by atoms with Crippen LogP contribution in [0, 0.1) is 5.92 Å². The summed E-state index contributed by atoms with van der Waals surface area (Å²) in [6.07, 6.45) is 4.75. The topological polar surface area (TPSA) is 33.4 Å². The van der Waals surface area contributed by atoms with E-state index in [1.807, 2.05) is 28.8 Å². The van der Waals surface area contributed by atoms with Gasteiger partial charge in [-0.1, -0.05) is 12.1 Å². The molecule has 7 heteroatoms. The fourth-order valence-corrected chi connectivity index (χ4v) is 3.77. The first-order valence-corrected chi connectivity index (χ1v) is 8.67. The lowest BCUT2D eigenvalue weighted by molar-refractivity contribution is 0.276. The van der Waals surface area contributed by atoms with E-state index >= 15 is 0 Å². The number of hydrogen-bond donors (Lipinski definition) is 0. The van der Waals surface area contributed by atoms with Crippen molar-refractivity contribution in [2.75, 3.05) is 18.0 Å². The van der Waals surface area contributed by atoms with Gasteiger partial charge in [-0.3, -0.25) is 8.79 Å². The molecule has 0 radical (unpaired) electrons. The van der Waals surface area contributed by atoms with Gasteiger partial charge in [0, 0.05) is 24.8 Å². The highest BCUT2D eigenvalue weighted by Crippen LogP contribution is 2.28. The van der Waals surface area contributed by atoms with Crippen LogP contribution >= 0.6 is 0 Å². The van der Waals surface area contributed by atoms with E-state index in [0.29, 0.717) is 12.3 Å². The second-order valence-electron chi connectivity index (χ2n) is 7.41. The van der Waals surface area contributed by atoms with Gasteiger partial charge < -0.3 is 4.90 Å². The molecule has 3 heterocycles. The maximum Gasteiger partial charge on any atom is 0.236 e. The van der Waals surface area contributed by atoms with Gasteiger partial charge in [0.2, 0.25) is 5.78 Å². The van der Waals surface area contributed by atoms with Crippen molar-refractivity contribution in [3.63, 3.8) is 0 Å². The van der Waals surface area contributed by atoms with Gasteiger partial charge in [0.1, 0.15) is 21.5 Å². The molecule has 1 fully saturated rings. The van der Waals surface area contributed by atoms with Crippen molar-refractivity contribution in [1.29, 1.82) is 0 Å². The average molecular weight is 322 g/mol. The molecule has 1 saturated heterocycles. The van der Waals surface area contributed by atoms with Gasteiger partial charge in [-0.25, -0.2) is 4.98 Å². The van der Waals surface area contributed by atoms with Gasteiger partial charge in [-0.2, -0.15) is 4.98 Å². The van der Waals surface area contributed by atoms with Crippen molar-refractivity contribution >= 4 is 38.3 Å². The molecule has 0 atom stereocenters. The Morgan fingerprint density at radius 1 is 1.12 bits per heavy atom. The molecule has 0 saturated carbocycles. The molecule has 2 aromatic heterocycles. The number of imidazole rings is 1. The second-order valence-corrected chi connectivity index (χ2v) is 7.41. The van der Waals surface area contributed by atoms with Crippen molar-refractivity contribution in [2.24, 2.45) is 5.92 Å². The lowest BCUT2D eigenvalue weighted by Crippen LogP contribution is -2.37. The van der Waals surface area contributed by atoms with Crippen LogP contribution in [-0.2, 0) is 0 Å². The Balaban J connectivity index is 1.54. The molecule has 4 rings (SSSR count). The number of halogens is 1. The first-order chi connectivity index (χ1) is 11.5. The summed E-state index contributed by atoms with van der Waals surface area (Å²) in [6.45, 7) is 1.87. The van der Waals surface area contributed by atoms with Crippen molar-refractivity contribution in [3.05, 3.63) is 36.5 Å². The lowest BCUT2D eigenvalue weighted by Gasteiger charge is -2.34.